The van der Waals surface area contributed by atoms with Crippen LogP contribution in [-0.4, -0.2) is 96.6 Å². The number of aryl methyl sites for hydroxylation is 1. The van der Waals surface area contributed by atoms with E-state index in [1.165, 1.54) is 16.6 Å². The maximum atomic E-state index is 13.3. The van der Waals surface area contributed by atoms with E-state index in [4.69, 9.17) is 9.47 Å². The minimum absolute atomic E-state index is 0.0185. The van der Waals surface area contributed by atoms with E-state index in [-0.39, 0.29) is 34.2 Å². The third kappa shape index (κ3) is 5.86. The highest BCUT2D eigenvalue weighted by Crippen LogP contribution is 2.38. The Labute approximate surface area is 239 Å². The second-order valence-electron chi connectivity index (χ2n) is 11.3. The molecule has 0 bridgehead atoms. The second-order valence-corrected chi connectivity index (χ2v) is 15.4. The molecule has 2 aliphatic heterocycles. The molecule has 14 heteroatoms. The zero-order valence-electron chi connectivity index (χ0n) is 22.8. The average molecular weight is 606 g/mol. The van der Waals surface area contributed by atoms with E-state index >= 15 is 0 Å². The van der Waals surface area contributed by atoms with Crippen LogP contribution in [0.2, 0.25) is 0 Å². The molecular formula is C27H35N5O7S2. The molecule has 4 heterocycles. The van der Waals surface area contributed by atoms with Gasteiger partial charge >= 0.3 is 0 Å². The molecule has 6 rings (SSSR count). The SMILES string of the molecule is Cn1cnc2cc(S(=O)(=O)N3CCC4(CC3)C[C@@H](NC[C@H](O)COc3cccc(S(=O)(=O)C5CC5)c3)CO4)cnc21. The van der Waals surface area contributed by atoms with Crippen molar-refractivity contribution in [2.24, 2.45) is 7.05 Å². The summed E-state index contributed by atoms with van der Waals surface area (Å²) in [5, 5.41) is 13.5. The maximum Gasteiger partial charge on any atom is 0.244 e. The lowest BCUT2D eigenvalue weighted by atomic mass is 9.88. The van der Waals surface area contributed by atoms with Crippen LogP contribution in [0.25, 0.3) is 11.2 Å². The van der Waals surface area contributed by atoms with Crippen LogP contribution in [0.15, 0.2) is 52.6 Å². The van der Waals surface area contributed by atoms with Crippen molar-refractivity contribution >= 4 is 31.0 Å². The molecule has 2 atom stereocenters. The van der Waals surface area contributed by atoms with E-state index in [0.717, 1.165) is 6.42 Å². The summed E-state index contributed by atoms with van der Waals surface area (Å²) < 4.78 is 66.6. The average Bonchev–Trinajstić information content (AvgIpc) is 3.68. The fourth-order valence-corrected chi connectivity index (χ4v) is 8.71. The Hall–Kier alpha value is -2.62. The van der Waals surface area contributed by atoms with Crippen molar-refractivity contribution in [2.75, 3.05) is 32.8 Å². The first-order valence-corrected chi connectivity index (χ1v) is 16.8. The third-order valence-electron chi connectivity index (χ3n) is 8.19. The van der Waals surface area contributed by atoms with Crippen LogP contribution in [0, 0.1) is 0 Å². The first-order valence-electron chi connectivity index (χ1n) is 13.9. The molecule has 0 radical (unpaired) electrons. The molecule has 1 aliphatic carbocycles. The highest BCUT2D eigenvalue weighted by molar-refractivity contribution is 7.92. The van der Waals surface area contributed by atoms with E-state index in [9.17, 15) is 21.9 Å². The van der Waals surface area contributed by atoms with E-state index in [1.54, 1.807) is 35.2 Å². The lowest BCUT2D eigenvalue weighted by Crippen LogP contribution is -2.47. The molecule has 41 heavy (non-hydrogen) atoms. The Kier molecular flexibility index (Phi) is 7.57. The van der Waals surface area contributed by atoms with Gasteiger partial charge in [0.05, 0.1) is 28.7 Å². The van der Waals surface area contributed by atoms with Gasteiger partial charge in [0.1, 0.15) is 28.9 Å². The molecule has 0 unspecified atom stereocenters. The number of benzene rings is 1. The van der Waals surface area contributed by atoms with E-state index in [0.29, 0.717) is 62.3 Å². The Morgan fingerprint density at radius 3 is 2.68 bits per heavy atom. The molecule has 0 amide bonds. The first-order chi connectivity index (χ1) is 19.6. The number of piperidine rings is 1. The number of sulfone groups is 1. The van der Waals surface area contributed by atoms with Crippen LogP contribution in [0.5, 0.6) is 5.75 Å². The number of rotatable bonds is 10. The molecule has 1 saturated carbocycles. The van der Waals surface area contributed by atoms with Crippen molar-refractivity contribution in [1.29, 1.82) is 0 Å². The second kappa shape index (κ2) is 10.9. The topological polar surface area (TPSA) is 153 Å². The number of pyridine rings is 1. The molecule has 222 valence electrons. The number of hydrogen-bond donors (Lipinski definition) is 2. The zero-order chi connectivity index (χ0) is 28.8. The van der Waals surface area contributed by atoms with Gasteiger partial charge in [-0.1, -0.05) is 6.07 Å². The normalized spacial score (nSPS) is 22.3. The molecule has 2 aromatic heterocycles. The molecular weight excluding hydrogens is 570 g/mol. The van der Waals surface area contributed by atoms with Crippen molar-refractivity contribution in [3.05, 3.63) is 42.9 Å². The molecule has 2 N–H and O–H groups in total. The number of hydrogen-bond acceptors (Lipinski definition) is 10. The number of imidazole rings is 1. The fourth-order valence-electron chi connectivity index (χ4n) is 5.61. The molecule has 1 aromatic carbocycles. The van der Waals surface area contributed by atoms with Gasteiger partial charge in [-0.3, -0.25) is 0 Å². The molecule has 2 saturated heterocycles. The van der Waals surface area contributed by atoms with Crippen LogP contribution in [0.3, 0.4) is 0 Å². The largest absolute Gasteiger partial charge is 0.491 e. The van der Waals surface area contributed by atoms with Crippen LogP contribution in [-0.2, 0) is 31.6 Å². The smallest absolute Gasteiger partial charge is 0.244 e. The number of nitrogens with one attached hydrogen (secondary N) is 1. The van der Waals surface area contributed by atoms with Crippen LogP contribution in [0.4, 0.5) is 0 Å². The van der Waals surface area contributed by atoms with Gasteiger partial charge in [0.15, 0.2) is 15.5 Å². The molecule has 12 nitrogen and oxygen atoms in total. The van der Waals surface area contributed by atoms with Crippen molar-refractivity contribution in [3.8, 4) is 5.75 Å². The van der Waals surface area contributed by atoms with Gasteiger partial charge in [0.25, 0.3) is 0 Å². The summed E-state index contributed by atoms with van der Waals surface area (Å²) in [6.07, 6.45) is 5.46. The van der Waals surface area contributed by atoms with Gasteiger partial charge in [-0.2, -0.15) is 4.31 Å². The Balaban J connectivity index is 0.970. The van der Waals surface area contributed by atoms with Gasteiger partial charge in [-0.25, -0.2) is 26.8 Å². The number of sulfonamides is 1. The standard InChI is InChI=1S/C27H35N5O7S2/c1-31-18-30-25-12-24(15-29-26(25)31)41(36,37)32-9-7-27(8-10-32)13-19(16-39-27)28-14-20(33)17-38-21-3-2-4-23(11-21)40(34,35)22-5-6-22/h2-4,11-12,15,18-20,22,28,33H,5-10,13-14,16-17H2,1H3/t19-,20+/m1/s1. The molecule has 3 aromatic rings. The van der Waals surface area contributed by atoms with Crippen molar-refractivity contribution in [1.82, 2.24) is 24.2 Å². The first kappa shape index (κ1) is 28.5. The summed E-state index contributed by atoms with van der Waals surface area (Å²) in [7, 11) is -5.19. The summed E-state index contributed by atoms with van der Waals surface area (Å²) in [4.78, 5) is 8.89. The number of aliphatic hydroxyl groups excluding tert-OH is 1. The molecule has 3 aliphatic rings. The Morgan fingerprint density at radius 2 is 1.93 bits per heavy atom. The van der Waals surface area contributed by atoms with Crippen LogP contribution < -0.4 is 10.1 Å². The number of aliphatic hydroxyl groups is 1. The lowest BCUT2D eigenvalue weighted by molar-refractivity contribution is -0.0312. The molecule has 3 fully saturated rings. The summed E-state index contributed by atoms with van der Waals surface area (Å²) >= 11 is 0. The summed E-state index contributed by atoms with van der Waals surface area (Å²) in [5.41, 5.74) is 0.768. The fraction of sp³-hybridized carbons (Fsp3) is 0.556. The van der Waals surface area contributed by atoms with E-state index in [1.807, 2.05) is 7.05 Å². The van der Waals surface area contributed by atoms with Gasteiger partial charge in [-0.05, 0) is 56.4 Å². The predicted molar refractivity (Wildman–Crippen MR) is 150 cm³/mol. The minimum atomic E-state index is -3.70. The third-order valence-corrected chi connectivity index (χ3v) is 12.3. The highest BCUT2D eigenvalue weighted by atomic mass is 32.2. The van der Waals surface area contributed by atoms with Crippen molar-refractivity contribution < 1.29 is 31.4 Å². The zero-order valence-corrected chi connectivity index (χ0v) is 24.5. The number of ether oxygens (including phenoxy) is 2. The van der Waals surface area contributed by atoms with Crippen molar-refractivity contribution in [2.45, 2.75) is 64.9 Å². The van der Waals surface area contributed by atoms with Crippen molar-refractivity contribution in [3.63, 3.8) is 0 Å². The molecule has 1 spiro atoms. The Morgan fingerprint density at radius 1 is 1.15 bits per heavy atom. The maximum absolute atomic E-state index is 13.3. The summed E-state index contributed by atoms with van der Waals surface area (Å²) in [5.74, 6) is 0.409. The minimum Gasteiger partial charge on any atom is -0.491 e. The Bertz CT molecular complexity index is 1630. The lowest BCUT2D eigenvalue weighted by Gasteiger charge is -2.38. The monoisotopic (exact) mass is 605 g/mol. The van der Waals surface area contributed by atoms with Gasteiger partial charge < -0.3 is 24.5 Å². The van der Waals surface area contributed by atoms with Gasteiger partial charge in [-0.15, -0.1) is 0 Å². The van der Waals surface area contributed by atoms with E-state index in [2.05, 4.69) is 15.3 Å². The van der Waals surface area contributed by atoms with Crippen LogP contribution in [0.1, 0.15) is 32.1 Å². The number of aromatic nitrogens is 3. The van der Waals surface area contributed by atoms with Gasteiger partial charge in [0, 0.05) is 38.9 Å². The number of nitrogens with zero attached hydrogens (tertiary/aromatic N) is 4. The quantitative estimate of drug-likeness (QED) is 0.345. The number of fused-ring (bicyclic) bond motifs is 1. The van der Waals surface area contributed by atoms with Crippen LogP contribution >= 0.6 is 0 Å². The van der Waals surface area contributed by atoms with E-state index < -0.39 is 31.6 Å². The van der Waals surface area contributed by atoms with Gasteiger partial charge in [0.2, 0.25) is 10.0 Å². The highest BCUT2D eigenvalue weighted by Gasteiger charge is 2.45. The summed E-state index contributed by atoms with van der Waals surface area (Å²) in [6, 6.07) is 8.01. The predicted octanol–water partition coefficient (Wildman–Crippen LogP) is 1.25. The summed E-state index contributed by atoms with van der Waals surface area (Å²) in [6.45, 7) is 1.47.